The number of nitrogens with zero attached hydrogens (tertiary/aromatic N) is 2. The monoisotopic (exact) mass is 403 g/mol. The molecule has 0 aliphatic carbocycles. The highest BCUT2D eigenvalue weighted by Gasteiger charge is 2.27. The number of aliphatic imine (C=N–C) groups is 1. The molecular formula is C23H21N3O4. The number of benzene rings is 1. The predicted molar refractivity (Wildman–Crippen MR) is 115 cm³/mol. The maximum absolute atomic E-state index is 12.4. The van der Waals surface area contributed by atoms with Crippen molar-refractivity contribution in [3.63, 3.8) is 0 Å². The van der Waals surface area contributed by atoms with Gasteiger partial charge in [0, 0.05) is 30.1 Å². The highest BCUT2D eigenvalue weighted by molar-refractivity contribution is 6.21. The number of anilines is 1. The minimum absolute atomic E-state index is 0.0156. The summed E-state index contributed by atoms with van der Waals surface area (Å²) >= 11 is 0. The standard InChI is InChI=1S/C23H21N3O4/c1-2-29-23(28)19-20(27)18(13-16-14-26-21-17(16)9-6-11-24-21)30-22(19)25-12-10-15-7-4-3-5-8-15/h3-9,11,13-14,25,27H,2,10,12H2,1H3/b16-13+. The maximum Gasteiger partial charge on any atom is 0.347 e. The molecule has 2 aromatic heterocycles. The molecule has 1 aliphatic rings. The van der Waals surface area contributed by atoms with E-state index in [1.807, 2.05) is 42.5 Å². The SMILES string of the molecule is CCOC(=O)c1c(NCCc2ccccc2)oc(/C=C2\C=Nc3ncccc32)c1O. The summed E-state index contributed by atoms with van der Waals surface area (Å²) in [4.78, 5) is 20.9. The molecule has 30 heavy (non-hydrogen) atoms. The lowest BCUT2D eigenvalue weighted by Gasteiger charge is -2.06. The highest BCUT2D eigenvalue weighted by Crippen LogP contribution is 2.38. The summed E-state index contributed by atoms with van der Waals surface area (Å²) < 4.78 is 10.9. The van der Waals surface area contributed by atoms with Crippen LogP contribution in [-0.2, 0) is 11.2 Å². The molecule has 0 spiro atoms. The molecule has 152 valence electrons. The molecule has 0 amide bonds. The zero-order valence-electron chi connectivity index (χ0n) is 16.5. The molecule has 0 saturated heterocycles. The summed E-state index contributed by atoms with van der Waals surface area (Å²) in [7, 11) is 0. The summed E-state index contributed by atoms with van der Waals surface area (Å²) in [5, 5.41) is 13.8. The van der Waals surface area contributed by atoms with Crippen molar-refractivity contribution in [1.29, 1.82) is 0 Å². The van der Waals surface area contributed by atoms with E-state index < -0.39 is 5.97 Å². The van der Waals surface area contributed by atoms with Crippen LogP contribution in [0.25, 0.3) is 11.6 Å². The summed E-state index contributed by atoms with van der Waals surface area (Å²) in [6, 6.07) is 13.6. The van der Waals surface area contributed by atoms with E-state index in [0.717, 1.165) is 23.1 Å². The fourth-order valence-electron chi connectivity index (χ4n) is 3.20. The number of pyridine rings is 1. The molecule has 7 heteroatoms. The number of allylic oxidation sites excluding steroid dienone is 1. The van der Waals surface area contributed by atoms with Crippen molar-refractivity contribution in [2.75, 3.05) is 18.5 Å². The van der Waals surface area contributed by atoms with Crippen molar-refractivity contribution in [2.45, 2.75) is 13.3 Å². The van der Waals surface area contributed by atoms with Crippen molar-refractivity contribution in [3.05, 3.63) is 71.1 Å². The number of carbonyl (C=O) groups is 1. The van der Waals surface area contributed by atoms with E-state index in [2.05, 4.69) is 15.3 Å². The number of aromatic hydroxyl groups is 1. The van der Waals surface area contributed by atoms with Gasteiger partial charge in [-0.3, -0.25) is 0 Å². The fourth-order valence-corrected chi connectivity index (χ4v) is 3.20. The molecule has 1 aromatic carbocycles. The second kappa shape index (κ2) is 8.65. The van der Waals surface area contributed by atoms with Crippen molar-refractivity contribution in [3.8, 4) is 5.75 Å². The van der Waals surface area contributed by atoms with Crippen molar-refractivity contribution in [1.82, 2.24) is 4.98 Å². The molecule has 3 heterocycles. The Morgan fingerprint density at radius 1 is 1.23 bits per heavy atom. The first-order valence-electron chi connectivity index (χ1n) is 9.69. The first-order chi connectivity index (χ1) is 14.7. The summed E-state index contributed by atoms with van der Waals surface area (Å²) in [5.41, 5.74) is 2.68. The molecule has 0 radical (unpaired) electrons. The topological polar surface area (TPSA) is 97.0 Å². The van der Waals surface area contributed by atoms with Crippen LogP contribution in [0.3, 0.4) is 0 Å². The smallest absolute Gasteiger partial charge is 0.347 e. The molecule has 7 nitrogen and oxygen atoms in total. The Morgan fingerprint density at radius 3 is 2.87 bits per heavy atom. The van der Waals surface area contributed by atoms with Crippen molar-refractivity contribution >= 4 is 35.5 Å². The van der Waals surface area contributed by atoms with Gasteiger partial charge in [-0.15, -0.1) is 0 Å². The second-order valence-electron chi connectivity index (χ2n) is 6.63. The third kappa shape index (κ3) is 3.96. The molecule has 0 bridgehead atoms. The number of nitrogens with one attached hydrogen (secondary N) is 1. The van der Waals surface area contributed by atoms with Gasteiger partial charge in [-0.2, -0.15) is 0 Å². The molecule has 2 N–H and O–H groups in total. The quantitative estimate of drug-likeness (QED) is 0.565. The molecule has 0 fully saturated rings. The predicted octanol–water partition coefficient (Wildman–Crippen LogP) is 4.47. The van der Waals surface area contributed by atoms with Gasteiger partial charge in [-0.25, -0.2) is 14.8 Å². The van der Waals surface area contributed by atoms with Crippen LogP contribution in [0.4, 0.5) is 11.7 Å². The zero-order chi connectivity index (χ0) is 20.9. The van der Waals surface area contributed by atoms with Crippen LogP contribution in [0.15, 0.2) is 58.1 Å². The zero-order valence-corrected chi connectivity index (χ0v) is 16.5. The number of hydrogen-bond acceptors (Lipinski definition) is 7. The summed E-state index contributed by atoms with van der Waals surface area (Å²) in [6.07, 6.45) is 5.67. The van der Waals surface area contributed by atoms with Crippen molar-refractivity contribution < 1.29 is 19.1 Å². The van der Waals surface area contributed by atoms with Gasteiger partial charge < -0.3 is 19.6 Å². The van der Waals surface area contributed by atoms with Gasteiger partial charge in [0.05, 0.1) is 6.61 Å². The lowest BCUT2D eigenvalue weighted by Crippen LogP contribution is -2.10. The van der Waals surface area contributed by atoms with E-state index in [4.69, 9.17) is 9.15 Å². The van der Waals surface area contributed by atoms with E-state index in [1.165, 1.54) is 0 Å². The maximum atomic E-state index is 12.4. The van der Waals surface area contributed by atoms with Crippen LogP contribution in [0.5, 0.6) is 5.75 Å². The number of ether oxygens (including phenoxy) is 1. The Kier molecular flexibility index (Phi) is 5.61. The van der Waals surface area contributed by atoms with Crippen LogP contribution in [0, 0.1) is 0 Å². The van der Waals surface area contributed by atoms with Crippen LogP contribution in [0.1, 0.15) is 34.2 Å². The van der Waals surface area contributed by atoms with Crippen LogP contribution in [-0.4, -0.2) is 35.4 Å². The van der Waals surface area contributed by atoms with Crippen LogP contribution >= 0.6 is 0 Å². The Bertz CT molecular complexity index is 1120. The first kappa shape index (κ1) is 19.4. The third-order valence-corrected chi connectivity index (χ3v) is 4.64. The van der Waals surface area contributed by atoms with Crippen molar-refractivity contribution in [2.24, 2.45) is 4.99 Å². The molecule has 0 unspecified atom stereocenters. The van der Waals surface area contributed by atoms with Gasteiger partial charge in [0.1, 0.15) is 0 Å². The lowest BCUT2D eigenvalue weighted by molar-refractivity contribution is 0.0524. The molecule has 4 rings (SSSR count). The first-order valence-corrected chi connectivity index (χ1v) is 9.69. The fraction of sp³-hybridized carbons (Fsp3) is 0.174. The Hall–Kier alpha value is -3.87. The van der Waals surface area contributed by atoms with E-state index in [0.29, 0.717) is 12.4 Å². The van der Waals surface area contributed by atoms with Gasteiger partial charge in [-0.1, -0.05) is 30.3 Å². The minimum Gasteiger partial charge on any atom is -0.504 e. The van der Waals surface area contributed by atoms with Gasteiger partial charge in [0.2, 0.25) is 5.88 Å². The Labute approximate surface area is 173 Å². The molecule has 3 aromatic rings. The van der Waals surface area contributed by atoms with E-state index in [9.17, 15) is 9.90 Å². The average Bonchev–Trinajstić information content (AvgIpc) is 3.30. The van der Waals surface area contributed by atoms with Gasteiger partial charge in [0.15, 0.2) is 22.9 Å². The highest BCUT2D eigenvalue weighted by atomic mass is 16.5. The van der Waals surface area contributed by atoms with E-state index in [1.54, 1.807) is 25.4 Å². The average molecular weight is 403 g/mol. The molecular weight excluding hydrogens is 382 g/mol. The summed E-state index contributed by atoms with van der Waals surface area (Å²) in [5.74, 6) is 0.0109. The number of furan rings is 1. The largest absolute Gasteiger partial charge is 0.504 e. The number of hydrogen-bond donors (Lipinski definition) is 2. The van der Waals surface area contributed by atoms with E-state index >= 15 is 0 Å². The number of rotatable bonds is 7. The van der Waals surface area contributed by atoms with E-state index in [-0.39, 0.29) is 29.6 Å². The summed E-state index contributed by atoms with van der Waals surface area (Å²) in [6.45, 7) is 2.42. The van der Waals surface area contributed by atoms with Gasteiger partial charge in [0.25, 0.3) is 0 Å². The third-order valence-electron chi connectivity index (χ3n) is 4.64. The minimum atomic E-state index is -0.646. The normalized spacial score (nSPS) is 13.4. The lowest BCUT2D eigenvalue weighted by atomic mass is 10.1. The number of aromatic nitrogens is 1. The Morgan fingerprint density at radius 2 is 2.07 bits per heavy atom. The number of esters is 1. The number of carbonyl (C=O) groups excluding carboxylic acids is 1. The molecule has 1 aliphatic heterocycles. The number of fused-ring (bicyclic) bond motifs is 1. The Balaban J connectivity index is 1.62. The van der Waals surface area contributed by atoms with Gasteiger partial charge in [-0.05, 0) is 37.1 Å². The van der Waals surface area contributed by atoms with Crippen LogP contribution in [0.2, 0.25) is 0 Å². The molecule has 0 saturated carbocycles. The second-order valence-corrected chi connectivity index (χ2v) is 6.63. The molecule has 0 atom stereocenters. The van der Waals surface area contributed by atoms with Gasteiger partial charge >= 0.3 is 5.97 Å². The van der Waals surface area contributed by atoms with Crippen LogP contribution < -0.4 is 5.32 Å².